The lowest BCUT2D eigenvalue weighted by molar-refractivity contribution is -0.138. The lowest BCUT2D eigenvalue weighted by Crippen LogP contribution is -2.29. The number of nitrogens with zero attached hydrogens (tertiary/aromatic N) is 5. The molecule has 0 aliphatic heterocycles. The summed E-state index contributed by atoms with van der Waals surface area (Å²) in [6.45, 7) is -0.554. The Morgan fingerprint density at radius 3 is 2.61 bits per heavy atom. The van der Waals surface area contributed by atoms with Gasteiger partial charge in [-0.25, -0.2) is 4.68 Å². The molecule has 0 bridgehead atoms. The maximum atomic E-state index is 13.3. The van der Waals surface area contributed by atoms with Crippen molar-refractivity contribution in [3.05, 3.63) is 57.5 Å². The van der Waals surface area contributed by atoms with Crippen molar-refractivity contribution in [3.8, 4) is 11.5 Å². The van der Waals surface area contributed by atoms with E-state index in [1.54, 1.807) is 0 Å². The van der Waals surface area contributed by atoms with Crippen molar-refractivity contribution in [1.82, 2.24) is 24.9 Å². The molecule has 1 aliphatic carbocycles. The standard InChI is InChI=1S/C19H16F5N5O2/c20-15(21)17-26-16(28-31-17)13-8-11(10-4-1-2-5-10)18(30)29(27-13)9-14-12(19(22,23)24)6-3-7-25-14/h3,6-8,10,15H,1-2,4-5,9H2. The van der Waals surface area contributed by atoms with Gasteiger partial charge in [-0.15, -0.1) is 0 Å². The Balaban J connectivity index is 1.82. The number of aromatic nitrogens is 5. The van der Waals surface area contributed by atoms with Crippen molar-refractivity contribution < 1.29 is 26.5 Å². The fourth-order valence-electron chi connectivity index (χ4n) is 3.70. The highest BCUT2D eigenvalue weighted by molar-refractivity contribution is 5.49. The quantitative estimate of drug-likeness (QED) is 0.547. The molecule has 164 valence electrons. The summed E-state index contributed by atoms with van der Waals surface area (Å²) in [6, 6.07) is 3.41. The highest BCUT2D eigenvalue weighted by Crippen LogP contribution is 2.34. The first-order valence-corrected chi connectivity index (χ1v) is 9.49. The molecule has 3 aromatic rings. The zero-order valence-electron chi connectivity index (χ0n) is 15.9. The van der Waals surface area contributed by atoms with E-state index in [4.69, 9.17) is 0 Å². The van der Waals surface area contributed by atoms with E-state index in [1.165, 1.54) is 12.3 Å². The Kier molecular flexibility index (Phi) is 5.54. The molecule has 0 saturated heterocycles. The number of rotatable bonds is 5. The van der Waals surface area contributed by atoms with Gasteiger partial charge in [-0.05, 0) is 37.0 Å². The molecule has 0 radical (unpaired) electrons. The Bertz CT molecular complexity index is 1140. The molecule has 0 atom stereocenters. The van der Waals surface area contributed by atoms with Gasteiger partial charge in [-0.2, -0.15) is 32.0 Å². The van der Waals surface area contributed by atoms with Crippen LogP contribution in [0.2, 0.25) is 0 Å². The molecule has 1 fully saturated rings. The summed E-state index contributed by atoms with van der Waals surface area (Å²) in [5.41, 5.74) is -1.65. The molecule has 0 aromatic carbocycles. The molecule has 0 amide bonds. The average molecular weight is 441 g/mol. The molecule has 0 N–H and O–H groups in total. The van der Waals surface area contributed by atoms with Crippen molar-refractivity contribution in [2.45, 2.75) is 50.7 Å². The lowest BCUT2D eigenvalue weighted by atomic mass is 9.98. The SMILES string of the molecule is O=c1c(C2CCCC2)cc(-c2noc(C(F)F)n2)nn1Cc1ncccc1C(F)(F)F. The van der Waals surface area contributed by atoms with E-state index in [0.29, 0.717) is 5.56 Å². The molecule has 31 heavy (non-hydrogen) atoms. The second-order valence-electron chi connectivity index (χ2n) is 7.18. The van der Waals surface area contributed by atoms with Crippen LogP contribution >= 0.6 is 0 Å². The average Bonchev–Trinajstić information content (AvgIpc) is 3.41. The largest absolute Gasteiger partial charge is 0.418 e. The highest BCUT2D eigenvalue weighted by Gasteiger charge is 2.34. The molecule has 1 saturated carbocycles. The number of alkyl halides is 5. The van der Waals surface area contributed by atoms with E-state index in [0.717, 1.165) is 42.5 Å². The topological polar surface area (TPSA) is 86.7 Å². The van der Waals surface area contributed by atoms with Crippen LogP contribution in [0.25, 0.3) is 11.5 Å². The number of halogens is 5. The predicted molar refractivity (Wildman–Crippen MR) is 96.3 cm³/mol. The zero-order chi connectivity index (χ0) is 22.2. The molecule has 0 spiro atoms. The van der Waals surface area contributed by atoms with Gasteiger partial charge in [-0.1, -0.05) is 18.0 Å². The predicted octanol–water partition coefficient (Wildman–Crippen LogP) is 4.35. The molecule has 3 aromatic heterocycles. The summed E-state index contributed by atoms with van der Waals surface area (Å²) in [5.74, 6) is -1.31. The summed E-state index contributed by atoms with van der Waals surface area (Å²) in [4.78, 5) is 20.4. The van der Waals surface area contributed by atoms with Crippen molar-refractivity contribution in [1.29, 1.82) is 0 Å². The summed E-state index contributed by atoms with van der Waals surface area (Å²) >= 11 is 0. The minimum atomic E-state index is -4.67. The third-order valence-corrected chi connectivity index (χ3v) is 5.15. The lowest BCUT2D eigenvalue weighted by Gasteiger charge is -2.15. The van der Waals surface area contributed by atoms with Crippen LogP contribution in [0.15, 0.2) is 33.7 Å². The van der Waals surface area contributed by atoms with Gasteiger partial charge in [0, 0.05) is 11.8 Å². The van der Waals surface area contributed by atoms with Crippen molar-refractivity contribution >= 4 is 0 Å². The summed E-state index contributed by atoms with van der Waals surface area (Å²) in [6.07, 6.45) is -3.22. The van der Waals surface area contributed by atoms with Gasteiger partial charge in [0.15, 0.2) is 0 Å². The summed E-state index contributed by atoms with van der Waals surface area (Å²) in [5, 5.41) is 7.50. The number of hydrogen-bond acceptors (Lipinski definition) is 6. The van der Waals surface area contributed by atoms with Crippen LogP contribution in [0.1, 0.15) is 60.7 Å². The Morgan fingerprint density at radius 1 is 1.23 bits per heavy atom. The van der Waals surface area contributed by atoms with Gasteiger partial charge in [0.05, 0.1) is 17.8 Å². The van der Waals surface area contributed by atoms with E-state index in [9.17, 15) is 26.7 Å². The molecule has 4 rings (SSSR count). The monoisotopic (exact) mass is 441 g/mol. The van der Waals surface area contributed by atoms with Crippen LogP contribution in [0.5, 0.6) is 0 Å². The maximum absolute atomic E-state index is 13.3. The normalized spacial score (nSPS) is 15.2. The van der Waals surface area contributed by atoms with E-state index in [2.05, 4.69) is 24.7 Å². The van der Waals surface area contributed by atoms with Crippen molar-refractivity contribution in [3.63, 3.8) is 0 Å². The first-order valence-electron chi connectivity index (χ1n) is 9.49. The van der Waals surface area contributed by atoms with E-state index in [1.807, 2.05) is 0 Å². The van der Waals surface area contributed by atoms with Crippen molar-refractivity contribution in [2.75, 3.05) is 0 Å². The van der Waals surface area contributed by atoms with Crippen LogP contribution in [0.4, 0.5) is 22.0 Å². The first-order chi connectivity index (χ1) is 14.7. The van der Waals surface area contributed by atoms with Crippen LogP contribution in [0.3, 0.4) is 0 Å². The van der Waals surface area contributed by atoms with Crippen LogP contribution in [0, 0.1) is 0 Å². The fourth-order valence-corrected chi connectivity index (χ4v) is 3.70. The van der Waals surface area contributed by atoms with Gasteiger partial charge < -0.3 is 4.52 Å². The Morgan fingerprint density at radius 2 is 1.97 bits per heavy atom. The zero-order valence-corrected chi connectivity index (χ0v) is 15.9. The maximum Gasteiger partial charge on any atom is 0.418 e. The molecule has 3 heterocycles. The Hall–Kier alpha value is -3.18. The van der Waals surface area contributed by atoms with Crippen LogP contribution < -0.4 is 5.56 Å². The van der Waals surface area contributed by atoms with Gasteiger partial charge in [0.25, 0.3) is 11.4 Å². The van der Waals surface area contributed by atoms with E-state index in [-0.39, 0.29) is 23.1 Å². The van der Waals surface area contributed by atoms with Crippen molar-refractivity contribution in [2.24, 2.45) is 0 Å². The first kappa shape index (κ1) is 21.1. The van der Waals surface area contributed by atoms with Gasteiger partial charge in [0.2, 0.25) is 5.82 Å². The highest BCUT2D eigenvalue weighted by atomic mass is 19.4. The molecule has 1 aliphatic rings. The van der Waals surface area contributed by atoms with E-state index >= 15 is 0 Å². The number of pyridine rings is 1. The second kappa shape index (κ2) is 8.16. The second-order valence-corrected chi connectivity index (χ2v) is 7.18. The smallest absolute Gasteiger partial charge is 0.333 e. The number of hydrogen-bond donors (Lipinski definition) is 0. The van der Waals surface area contributed by atoms with Gasteiger partial charge in [0.1, 0.15) is 5.69 Å². The molecule has 0 unspecified atom stereocenters. The molecule has 7 nitrogen and oxygen atoms in total. The third kappa shape index (κ3) is 4.32. The molecule has 12 heteroatoms. The van der Waals surface area contributed by atoms with E-state index < -0.39 is 36.2 Å². The van der Waals surface area contributed by atoms with Gasteiger partial charge >= 0.3 is 12.6 Å². The third-order valence-electron chi connectivity index (χ3n) is 5.15. The van der Waals surface area contributed by atoms with Crippen LogP contribution in [-0.4, -0.2) is 24.9 Å². The molecular weight excluding hydrogens is 425 g/mol. The fraction of sp³-hybridized carbons (Fsp3) is 0.421. The minimum absolute atomic E-state index is 0.0401. The Labute approximate surface area is 171 Å². The summed E-state index contributed by atoms with van der Waals surface area (Å²) in [7, 11) is 0. The minimum Gasteiger partial charge on any atom is -0.333 e. The van der Waals surface area contributed by atoms with Crippen LogP contribution in [-0.2, 0) is 12.7 Å². The van der Waals surface area contributed by atoms with Gasteiger partial charge in [-0.3, -0.25) is 9.78 Å². The molecular formula is C19H16F5N5O2. The summed E-state index contributed by atoms with van der Waals surface area (Å²) < 4.78 is 71.0.